The second-order valence-electron chi connectivity index (χ2n) is 0.455. The van der Waals surface area contributed by atoms with Gasteiger partial charge in [-0.25, -0.2) is 0 Å². The van der Waals surface area contributed by atoms with E-state index in [1.807, 2.05) is 0 Å². The van der Waals surface area contributed by atoms with Gasteiger partial charge in [0.15, 0.2) is 0 Å². The molecule has 0 aromatic heterocycles. The highest BCUT2D eigenvalue weighted by Crippen LogP contribution is 1.75. The van der Waals surface area contributed by atoms with E-state index in [1.165, 1.54) is 11.1 Å². The number of hydrogen-bond acceptors (Lipinski definition) is 1. The average molecular weight is 135 g/mol. The molecular formula is C3H3BrO. The Morgan fingerprint density at radius 1 is 1.60 bits per heavy atom. The molecule has 0 atom stereocenters. The van der Waals surface area contributed by atoms with Gasteiger partial charge in [0, 0.05) is 0 Å². The summed E-state index contributed by atoms with van der Waals surface area (Å²) in [5.74, 6) is 0. The minimum absolute atomic E-state index is 0.703. The second kappa shape index (κ2) is 3.89. The average Bonchev–Trinajstić information content (AvgIpc) is 1.41. The normalized spacial score (nSPS) is 9.00. The zero-order valence-corrected chi connectivity index (χ0v) is 4.10. The minimum atomic E-state index is 0.703. The van der Waals surface area contributed by atoms with Crippen molar-refractivity contribution in [2.24, 2.45) is 0 Å². The van der Waals surface area contributed by atoms with Gasteiger partial charge < -0.3 is 0 Å². The van der Waals surface area contributed by atoms with E-state index in [4.69, 9.17) is 0 Å². The molecule has 2 heteroatoms. The van der Waals surface area contributed by atoms with Crippen LogP contribution in [-0.4, -0.2) is 6.29 Å². The Morgan fingerprint density at radius 2 is 2.20 bits per heavy atom. The molecule has 0 aromatic carbocycles. The molecule has 0 saturated carbocycles. The SMILES string of the molecule is O=C/C=C\Br. The molecule has 0 bridgehead atoms. The molecule has 1 nitrogen and oxygen atoms in total. The predicted molar refractivity (Wildman–Crippen MR) is 24.1 cm³/mol. The zero-order chi connectivity index (χ0) is 4.12. The summed E-state index contributed by atoms with van der Waals surface area (Å²) in [7, 11) is 0. The van der Waals surface area contributed by atoms with E-state index >= 15 is 0 Å². The summed E-state index contributed by atoms with van der Waals surface area (Å²) >= 11 is 2.90. The Morgan fingerprint density at radius 3 is 2.20 bits per heavy atom. The van der Waals surface area contributed by atoms with E-state index in [9.17, 15) is 4.79 Å². The Bertz CT molecular complexity index is 48.9. The molecule has 0 heterocycles. The van der Waals surface area contributed by atoms with Gasteiger partial charge in [0.05, 0.1) is 0 Å². The first-order valence-corrected chi connectivity index (χ1v) is 2.04. The lowest BCUT2D eigenvalue weighted by molar-refractivity contribution is -0.104. The number of hydrogen-bond donors (Lipinski definition) is 0. The molecule has 0 aliphatic carbocycles. The summed E-state index contributed by atoms with van der Waals surface area (Å²) in [6, 6.07) is 0. The molecule has 0 N–H and O–H groups in total. The Balaban J connectivity index is 2.92. The minimum Gasteiger partial charge on any atom is -0.299 e. The number of aldehydes is 1. The van der Waals surface area contributed by atoms with Crippen LogP contribution in [0.5, 0.6) is 0 Å². The Hall–Kier alpha value is -0.110. The van der Waals surface area contributed by atoms with Gasteiger partial charge in [-0.15, -0.1) is 0 Å². The first kappa shape index (κ1) is 4.89. The van der Waals surface area contributed by atoms with E-state index in [2.05, 4.69) is 15.9 Å². The van der Waals surface area contributed by atoms with Gasteiger partial charge in [-0.2, -0.15) is 0 Å². The summed E-state index contributed by atoms with van der Waals surface area (Å²) in [6.07, 6.45) is 2.06. The van der Waals surface area contributed by atoms with Crippen molar-refractivity contribution in [1.82, 2.24) is 0 Å². The van der Waals surface area contributed by atoms with Gasteiger partial charge in [-0.05, 0) is 11.1 Å². The summed E-state index contributed by atoms with van der Waals surface area (Å²) in [6.45, 7) is 0. The highest BCUT2D eigenvalue weighted by molar-refractivity contribution is 9.11. The van der Waals surface area contributed by atoms with Crippen LogP contribution in [0.1, 0.15) is 0 Å². The lowest BCUT2D eigenvalue weighted by Crippen LogP contribution is -1.48. The van der Waals surface area contributed by atoms with Crippen LogP contribution in [0, 0.1) is 0 Å². The van der Waals surface area contributed by atoms with Crippen molar-refractivity contribution >= 4 is 22.2 Å². The van der Waals surface area contributed by atoms with Crippen molar-refractivity contribution in [1.29, 1.82) is 0 Å². The number of carbonyl (C=O) groups is 1. The molecule has 0 saturated heterocycles. The van der Waals surface area contributed by atoms with Gasteiger partial charge in [0.25, 0.3) is 0 Å². The lowest BCUT2D eigenvalue weighted by atomic mass is 10.8. The van der Waals surface area contributed by atoms with Gasteiger partial charge in [0.1, 0.15) is 6.29 Å². The summed E-state index contributed by atoms with van der Waals surface area (Å²) in [5, 5.41) is 0. The van der Waals surface area contributed by atoms with Gasteiger partial charge in [-0.1, -0.05) is 15.9 Å². The van der Waals surface area contributed by atoms with Crippen LogP contribution < -0.4 is 0 Å². The molecule has 0 spiro atoms. The lowest BCUT2D eigenvalue weighted by Gasteiger charge is -1.49. The van der Waals surface area contributed by atoms with Crippen molar-refractivity contribution in [2.75, 3.05) is 0 Å². The smallest absolute Gasteiger partial charge is 0.143 e. The fourth-order valence-electron chi connectivity index (χ4n) is 0.0297. The zero-order valence-electron chi connectivity index (χ0n) is 2.52. The molecular weight excluding hydrogens is 132 g/mol. The van der Waals surface area contributed by atoms with E-state index < -0.39 is 0 Å². The molecule has 0 aliphatic rings. The maximum absolute atomic E-state index is 9.29. The van der Waals surface area contributed by atoms with E-state index in [-0.39, 0.29) is 0 Å². The fourth-order valence-corrected chi connectivity index (χ4v) is 0.154. The van der Waals surface area contributed by atoms with Crippen molar-refractivity contribution in [3.8, 4) is 0 Å². The third-order valence-electron chi connectivity index (χ3n) is 0.151. The van der Waals surface area contributed by atoms with Crippen molar-refractivity contribution in [2.45, 2.75) is 0 Å². The fraction of sp³-hybridized carbons (Fsp3) is 0. The Labute approximate surface area is 38.8 Å². The van der Waals surface area contributed by atoms with Gasteiger partial charge in [0.2, 0.25) is 0 Å². The third kappa shape index (κ3) is 3.89. The van der Waals surface area contributed by atoms with Crippen LogP contribution in [0.2, 0.25) is 0 Å². The quantitative estimate of drug-likeness (QED) is 0.388. The predicted octanol–water partition coefficient (Wildman–Crippen LogP) is 1.09. The van der Waals surface area contributed by atoms with Crippen molar-refractivity contribution in [3.63, 3.8) is 0 Å². The molecule has 0 radical (unpaired) electrons. The second-order valence-corrected chi connectivity index (χ2v) is 0.983. The third-order valence-corrected chi connectivity index (χ3v) is 0.457. The number of carbonyl (C=O) groups excluding carboxylic acids is 1. The van der Waals surface area contributed by atoms with Crippen molar-refractivity contribution in [3.05, 3.63) is 11.1 Å². The van der Waals surface area contributed by atoms with Crippen LogP contribution in [0.3, 0.4) is 0 Å². The number of rotatable bonds is 1. The van der Waals surface area contributed by atoms with Gasteiger partial charge in [-0.3, -0.25) is 4.79 Å². The highest BCUT2D eigenvalue weighted by Gasteiger charge is 1.50. The van der Waals surface area contributed by atoms with E-state index in [0.29, 0.717) is 6.29 Å². The van der Waals surface area contributed by atoms with Crippen LogP contribution >= 0.6 is 15.9 Å². The van der Waals surface area contributed by atoms with E-state index in [0.717, 1.165) is 0 Å². The summed E-state index contributed by atoms with van der Waals surface area (Å²) in [4.78, 5) is 10.8. The topological polar surface area (TPSA) is 17.1 Å². The van der Waals surface area contributed by atoms with Crippen LogP contribution in [0.15, 0.2) is 11.1 Å². The maximum atomic E-state index is 9.29. The standard InChI is InChI=1S/C3H3BrO/c4-2-1-3-5/h1-3H/b2-1-. The highest BCUT2D eigenvalue weighted by atomic mass is 79.9. The maximum Gasteiger partial charge on any atom is 0.143 e. The first-order valence-electron chi connectivity index (χ1n) is 1.12. The van der Waals surface area contributed by atoms with Crippen molar-refractivity contribution < 1.29 is 4.79 Å². The number of allylic oxidation sites excluding steroid dienone is 1. The molecule has 5 heavy (non-hydrogen) atoms. The molecule has 0 aliphatic heterocycles. The largest absolute Gasteiger partial charge is 0.299 e. The summed E-state index contributed by atoms with van der Waals surface area (Å²) < 4.78 is 0. The molecule has 0 amide bonds. The Kier molecular flexibility index (Phi) is 3.80. The van der Waals surface area contributed by atoms with E-state index in [1.54, 1.807) is 0 Å². The molecule has 0 unspecified atom stereocenters. The molecule has 0 rings (SSSR count). The number of halogens is 1. The monoisotopic (exact) mass is 134 g/mol. The molecule has 28 valence electrons. The van der Waals surface area contributed by atoms with Crippen LogP contribution in [-0.2, 0) is 4.79 Å². The first-order chi connectivity index (χ1) is 2.41. The summed E-state index contributed by atoms with van der Waals surface area (Å²) in [5.41, 5.74) is 0. The van der Waals surface area contributed by atoms with Crippen LogP contribution in [0.4, 0.5) is 0 Å². The molecule has 0 aromatic rings. The molecule has 0 fully saturated rings. The van der Waals surface area contributed by atoms with Gasteiger partial charge >= 0.3 is 0 Å². The van der Waals surface area contributed by atoms with Crippen LogP contribution in [0.25, 0.3) is 0 Å².